The van der Waals surface area contributed by atoms with E-state index >= 15 is 0 Å². The molecular formula is C28H37NO3. The molecule has 0 aliphatic heterocycles. The van der Waals surface area contributed by atoms with E-state index in [-0.39, 0.29) is 17.1 Å². The molecule has 0 radical (unpaired) electrons. The number of carbonyl (C=O) groups is 2. The minimum atomic E-state index is -0.820. The number of amides is 1. The Morgan fingerprint density at radius 3 is 2.12 bits per heavy atom. The van der Waals surface area contributed by atoms with Gasteiger partial charge in [0.25, 0.3) is 0 Å². The van der Waals surface area contributed by atoms with Crippen LogP contribution in [-0.4, -0.2) is 22.9 Å². The molecule has 4 atom stereocenters. The Labute approximate surface area is 192 Å². The molecule has 0 bridgehead atoms. The summed E-state index contributed by atoms with van der Waals surface area (Å²) in [6, 6.07) is 16.6. The average molecular weight is 436 g/mol. The number of carbonyl (C=O) groups excluding carboxylic acids is 2. The monoisotopic (exact) mass is 435 g/mol. The van der Waals surface area contributed by atoms with E-state index in [0.717, 1.165) is 24.0 Å². The Bertz CT molecular complexity index is 919. The minimum absolute atomic E-state index is 0.0173. The van der Waals surface area contributed by atoms with E-state index in [1.165, 1.54) is 0 Å². The molecule has 0 saturated heterocycles. The first-order valence-corrected chi connectivity index (χ1v) is 11.4. The number of benzene rings is 2. The number of allylic oxidation sites excluding steroid dienone is 1. The molecule has 2 rings (SSSR count). The van der Waals surface area contributed by atoms with Gasteiger partial charge in [-0.25, -0.2) is 0 Å². The maximum Gasteiger partial charge on any atom is 0.223 e. The number of nitrogens with two attached hydrogens (primary N) is 1. The number of rotatable bonds is 12. The number of aliphatic hydroxyl groups excluding tert-OH is 1. The maximum atomic E-state index is 12.6. The molecule has 0 fully saturated rings. The van der Waals surface area contributed by atoms with Crippen LogP contribution in [0.4, 0.5) is 0 Å². The Balaban J connectivity index is 2.02. The fourth-order valence-corrected chi connectivity index (χ4v) is 4.38. The molecule has 4 heteroatoms. The molecule has 3 N–H and O–H groups in total. The molecule has 4 nitrogen and oxygen atoms in total. The molecule has 0 spiro atoms. The van der Waals surface area contributed by atoms with Gasteiger partial charge in [0.05, 0.1) is 12.0 Å². The van der Waals surface area contributed by atoms with Crippen LogP contribution in [0.3, 0.4) is 0 Å². The van der Waals surface area contributed by atoms with Gasteiger partial charge in [-0.3, -0.25) is 9.59 Å². The van der Waals surface area contributed by atoms with Crippen molar-refractivity contribution in [2.24, 2.45) is 23.0 Å². The number of aliphatic hydroxyl groups is 1. The molecule has 172 valence electrons. The summed E-state index contributed by atoms with van der Waals surface area (Å²) in [4.78, 5) is 24.7. The van der Waals surface area contributed by atoms with E-state index in [4.69, 9.17) is 5.73 Å². The van der Waals surface area contributed by atoms with Gasteiger partial charge in [0.15, 0.2) is 5.78 Å². The lowest BCUT2D eigenvalue weighted by molar-refractivity contribution is -0.128. The van der Waals surface area contributed by atoms with Crippen LogP contribution in [0.5, 0.6) is 0 Å². The number of hydrogen-bond acceptors (Lipinski definition) is 3. The van der Waals surface area contributed by atoms with Gasteiger partial charge in [-0.15, -0.1) is 0 Å². The lowest BCUT2D eigenvalue weighted by Gasteiger charge is -2.35. The number of aryl methyl sites for hydroxylation is 1. The fourth-order valence-electron chi connectivity index (χ4n) is 4.38. The zero-order valence-electron chi connectivity index (χ0n) is 19.8. The van der Waals surface area contributed by atoms with Crippen molar-refractivity contribution < 1.29 is 14.7 Å². The van der Waals surface area contributed by atoms with Crippen molar-refractivity contribution >= 4 is 11.7 Å². The van der Waals surface area contributed by atoms with E-state index in [2.05, 4.69) is 20.4 Å². The van der Waals surface area contributed by atoms with Crippen LogP contribution >= 0.6 is 0 Å². The van der Waals surface area contributed by atoms with Crippen LogP contribution in [0.25, 0.3) is 0 Å². The van der Waals surface area contributed by atoms with Crippen molar-refractivity contribution in [3.8, 4) is 0 Å². The fraction of sp³-hybridized carbons (Fsp3) is 0.429. The quantitative estimate of drug-likeness (QED) is 0.349. The molecule has 2 aromatic carbocycles. The van der Waals surface area contributed by atoms with Crippen molar-refractivity contribution in [2.75, 3.05) is 0 Å². The molecule has 4 unspecified atom stereocenters. The van der Waals surface area contributed by atoms with Gasteiger partial charge in [0.1, 0.15) is 0 Å². The minimum Gasteiger partial charge on any atom is -0.392 e. The summed E-state index contributed by atoms with van der Waals surface area (Å²) >= 11 is 0. The number of hydrogen-bond donors (Lipinski definition) is 2. The van der Waals surface area contributed by atoms with Gasteiger partial charge in [0.2, 0.25) is 5.91 Å². The normalized spacial score (nSPS) is 15.9. The van der Waals surface area contributed by atoms with Crippen LogP contribution in [-0.2, 0) is 11.2 Å². The lowest BCUT2D eigenvalue weighted by Crippen LogP contribution is -2.40. The molecule has 0 saturated carbocycles. The molecule has 32 heavy (non-hydrogen) atoms. The first-order chi connectivity index (χ1) is 15.1. The lowest BCUT2D eigenvalue weighted by atomic mass is 9.70. The Morgan fingerprint density at radius 2 is 1.62 bits per heavy atom. The van der Waals surface area contributed by atoms with Crippen LogP contribution in [0.2, 0.25) is 0 Å². The number of primary amides is 1. The first-order valence-electron chi connectivity index (χ1n) is 11.4. The summed E-state index contributed by atoms with van der Waals surface area (Å²) in [5, 5.41) is 10.8. The topological polar surface area (TPSA) is 80.4 Å². The summed E-state index contributed by atoms with van der Waals surface area (Å²) in [7, 11) is 0. The second kappa shape index (κ2) is 11.2. The Kier molecular flexibility index (Phi) is 8.97. The molecule has 0 aromatic heterocycles. The molecule has 0 heterocycles. The predicted molar refractivity (Wildman–Crippen MR) is 130 cm³/mol. The highest BCUT2D eigenvalue weighted by Gasteiger charge is 2.35. The Hall–Kier alpha value is -2.72. The van der Waals surface area contributed by atoms with Crippen LogP contribution < -0.4 is 5.73 Å². The summed E-state index contributed by atoms with van der Waals surface area (Å²) in [6.07, 6.45) is 1.88. The third-order valence-electron chi connectivity index (χ3n) is 6.92. The highest BCUT2D eigenvalue weighted by atomic mass is 16.3. The SMILES string of the molecule is C=C(C)C(C)(CC)CC(C)C(C(N)=O)C(O)CCc1ccc(C(=O)c2ccccc2)cc1. The highest BCUT2D eigenvalue weighted by Crippen LogP contribution is 2.39. The van der Waals surface area contributed by atoms with Gasteiger partial charge < -0.3 is 10.8 Å². The summed E-state index contributed by atoms with van der Waals surface area (Å²) < 4.78 is 0. The van der Waals surface area contributed by atoms with Crippen molar-refractivity contribution in [3.63, 3.8) is 0 Å². The van der Waals surface area contributed by atoms with Gasteiger partial charge in [-0.1, -0.05) is 87.5 Å². The zero-order chi connectivity index (χ0) is 23.9. The molecule has 2 aromatic rings. The second-order valence-electron chi connectivity index (χ2n) is 9.30. The Morgan fingerprint density at radius 1 is 1.06 bits per heavy atom. The predicted octanol–water partition coefficient (Wildman–Crippen LogP) is 5.33. The van der Waals surface area contributed by atoms with E-state index in [9.17, 15) is 14.7 Å². The maximum absolute atomic E-state index is 12.6. The van der Waals surface area contributed by atoms with Crippen LogP contribution in [0, 0.1) is 17.3 Å². The smallest absolute Gasteiger partial charge is 0.223 e. The average Bonchev–Trinajstić information content (AvgIpc) is 2.77. The molecule has 0 aliphatic rings. The second-order valence-corrected chi connectivity index (χ2v) is 9.30. The molecule has 0 aliphatic carbocycles. The third kappa shape index (κ3) is 6.39. The summed E-state index contributed by atoms with van der Waals surface area (Å²) in [5.74, 6) is -1.15. The molecule has 1 amide bonds. The van der Waals surface area contributed by atoms with E-state index < -0.39 is 17.9 Å². The zero-order valence-corrected chi connectivity index (χ0v) is 19.8. The van der Waals surface area contributed by atoms with Crippen LogP contribution in [0.1, 0.15) is 68.4 Å². The highest BCUT2D eigenvalue weighted by molar-refractivity contribution is 6.08. The van der Waals surface area contributed by atoms with E-state index in [1.54, 1.807) is 12.1 Å². The molecular weight excluding hydrogens is 398 g/mol. The van der Waals surface area contributed by atoms with Gasteiger partial charge >= 0.3 is 0 Å². The third-order valence-corrected chi connectivity index (χ3v) is 6.92. The van der Waals surface area contributed by atoms with Crippen LogP contribution in [0.15, 0.2) is 66.7 Å². The van der Waals surface area contributed by atoms with Crippen molar-refractivity contribution in [1.29, 1.82) is 0 Å². The standard InChI is InChI=1S/C28H37NO3/c1-6-28(5,19(2)3)18-20(4)25(27(29)32)24(30)17-14-21-12-15-23(16-13-21)26(31)22-10-8-7-9-11-22/h7-13,15-16,20,24-25,30H,2,6,14,17-18H2,1,3-5H3,(H2,29,32). The van der Waals surface area contributed by atoms with E-state index in [1.807, 2.05) is 56.3 Å². The van der Waals surface area contributed by atoms with Crippen molar-refractivity contribution in [1.82, 2.24) is 0 Å². The summed E-state index contributed by atoms with van der Waals surface area (Å²) in [5.41, 5.74) is 8.97. The number of ketones is 1. The van der Waals surface area contributed by atoms with E-state index in [0.29, 0.717) is 24.0 Å². The largest absolute Gasteiger partial charge is 0.392 e. The van der Waals surface area contributed by atoms with Gasteiger partial charge in [0, 0.05) is 11.1 Å². The van der Waals surface area contributed by atoms with Crippen molar-refractivity contribution in [2.45, 2.75) is 59.5 Å². The van der Waals surface area contributed by atoms with Gasteiger partial charge in [-0.05, 0) is 49.5 Å². The first kappa shape index (κ1) is 25.5. The van der Waals surface area contributed by atoms with Gasteiger partial charge in [-0.2, -0.15) is 0 Å². The summed E-state index contributed by atoms with van der Waals surface area (Å²) in [6.45, 7) is 12.4. The van der Waals surface area contributed by atoms with Crippen molar-refractivity contribution in [3.05, 3.63) is 83.4 Å².